The Hall–Kier alpha value is -1.89. The van der Waals surface area contributed by atoms with Gasteiger partial charge >= 0.3 is 0 Å². The lowest BCUT2D eigenvalue weighted by Gasteiger charge is -2.33. The van der Waals surface area contributed by atoms with Gasteiger partial charge in [0.1, 0.15) is 0 Å². The first-order valence-corrected chi connectivity index (χ1v) is 7.79. The molecule has 1 atom stereocenters. The molecule has 0 aliphatic carbocycles. The fourth-order valence-corrected chi connectivity index (χ4v) is 2.70. The second kappa shape index (κ2) is 7.93. The highest BCUT2D eigenvalue weighted by atomic mass is 16.2. The molecule has 0 unspecified atom stereocenters. The minimum atomic E-state index is -0.0352. The predicted molar refractivity (Wildman–Crippen MR) is 83.3 cm³/mol. The minimum absolute atomic E-state index is 0.0352. The number of rotatable bonds is 6. The van der Waals surface area contributed by atoms with Crippen molar-refractivity contribution in [2.75, 3.05) is 26.2 Å². The van der Waals surface area contributed by atoms with E-state index in [1.807, 2.05) is 28.9 Å². The third kappa shape index (κ3) is 5.14. The van der Waals surface area contributed by atoms with E-state index in [1.165, 1.54) is 6.92 Å². The molecule has 1 aliphatic rings. The van der Waals surface area contributed by atoms with Crippen molar-refractivity contribution in [3.05, 3.63) is 18.0 Å². The molecule has 1 aromatic heterocycles. The van der Waals surface area contributed by atoms with Gasteiger partial charge < -0.3 is 15.5 Å². The van der Waals surface area contributed by atoms with E-state index in [1.54, 1.807) is 0 Å². The van der Waals surface area contributed by atoms with Crippen LogP contribution >= 0.6 is 0 Å². The molecule has 2 heterocycles. The van der Waals surface area contributed by atoms with Crippen LogP contribution in [0.4, 0.5) is 0 Å². The summed E-state index contributed by atoms with van der Waals surface area (Å²) in [5, 5.41) is 10.3. The van der Waals surface area contributed by atoms with Crippen LogP contribution in [0.3, 0.4) is 0 Å². The second-order valence-corrected chi connectivity index (χ2v) is 5.84. The standard InChI is InChI=1S/C15H25N5O2/c1-12-8-17-20(10-12)7-5-16-9-15(22)19-6-3-4-14(11-19)18-13(2)21/h8,10,14,16H,3-7,9,11H2,1-2H3,(H,18,21)/t14-/m0/s1. The van der Waals surface area contributed by atoms with Crippen molar-refractivity contribution < 1.29 is 9.59 Å². The monoisotopic (exact) mass is 307 g/mol. The average Bonchev–Trinajstić information content (AvgIpc) is 2.88. The van der Waals surface area contributed by atoms with Crippen LogP contribution < -0.4 is 10.6 Å². The van der Waals surface area contributed by atoms with Crippen LogP contribution in [0.15, 0.2) is 12.4 Å². The van der Waals surface area contributed by atoms with Crippen molar-refractivity contribution in [1.82, 2.24) is 25.3 Å². The zero-order chi connectivity index (χ0) is 15.9. The highest BCUT2D eigenvalue weighted by Crippen LogP contribution is 2.10. The van der Waals surface area contributed by atoms with Crippen molar-refractivity contribution in [3.8, 4) is 0 Å². The van der Waals surface area contributed by atoms with E-state index in [0.717, 1.165) is 31.5 Å². The zero-order valence-electron chi connectivity index (χ0n) is 13.3. The lowest BCUT2D eigenvalue weighted by Crippen LogP contribution is -2.51. The van der Waals surface area contributed by atoms with Crippen LogP contribution in [0, 0.1) is 6.92 Å². The van der Waals surface area contributed by atoms with Gasteiger partial charge in [-0.1, -0.05) is 0 Å². The maximum atomic E-state index is 12.2. The van der Waals surface area contributed by atoms with E-state index in [0.29, 0.717) is 19.6 Å². The molecular weight excluding hydrogens is 282 g/mol. The van der Waals surface area contributed by atoms with Gasteiger partial charge in [0.2, 0.25) is 11.8 Å². The molecule has 1 aliphatic heterocycles. The highest BCUT2D eigenvalue weighted by Gasteiger charge is 2.23. The van der Waals surface area contributed by atoms with Crippen LogP contribution in [0.5, 0.6) is 0 Å². The second-order valence-electron chi connectivity index (χ2n) is 5.84. The Balaban J connectivity index is 1.67. The highest BCUT2D eigenvalue weighted by molar-refractivity contribution is 5.78. The first-order valence-electron chi connectivity index (χ1n) is 7.79. The quantitative estimate of drug-likeness (QED) is 0.720. The fourth-order valence-electron chi connectivity index (χ4n) is 2.70. The number of likely N-dealkylation sites (tertiary alicyclic amines) is 1. The molecule has 7 heteroatoms. The van der Waals surface area contributed by atoms with E-state index in [-0.39, 0.29) is 17.9 Å². The molecule has 1 aromatic rings. The van der Waals surface area contributed by atoms with Gasteiger partial charge in [-0.05, 0) is 25.3 Å². The van der Waals surface area contributed by atoms with E-state index < -0.39 is 0 Å². The van der Waals surface area contributed by atoms with Crippen molar-refractivity contribution >= 4 is 11.8 Å². The zero-order valence-corrected chi connectivity index (χ0v) is 13.3. The Bertz CT molecular complexity index is 514. The summed E-state index contributed by atoms with van der Waals surface area (Å²) in [6.07, 6.45) is 5.67. The smallest absolute Gasteiger partial charge is 0.236 e. The van der Waals surface area contributed by atoms with E-state index in [9.17, 15) is 9.59 Å². The van der Waals surface area contributed by atoms with E-state index in [2.05, 4.69) is 15.7 Å². The van der Waals surface area contributed by atoms with Crippen LogP contribution in [0.2, 0.25) is 0 Å². The van der Waals surface area contributed by atoms with Crippen molar-refractivity contribution in [3.63, 3.8) is 0 Å². The van der Waals surface area contributed by atoms with Crippen LogP contribution in [0.1, 0.15) is 25.3 Å². The van der Waals surface area contributed by atoms with Gasteiger partial charge in [0.25, 0.3) is 0 Å². The van der Waals surface area contributed by atoms with Crippen LogP contribution in [-0.2, 0) is 16.1 Å². The molecule has 122 valence electrons. The van der Waals surface area contributed by atoms with E-state index in [4.69, 9.17) is 0 Å². The van der Waals surface area contributed by atoms with Gasteiger partial charge in [-0.2, -0.15) is 5.10 Å². The average molecular weight is 307 g/mol. The summed E-state index contributed by atoms with van der Waals surface area (Å²) in [5.41, 5.74) is 1.13. The molecule has 1 fully saturated rings. The molecule has 1 saturated heterocycles. The number of hydrogen-bond acceptors (Lipinski definition) is 4. The molecule has 2 amide bonds. The molecule has 0 saturated carbocycles. The van der Waals surface area contributed by atoms with Gasteiger partial charge in [0, 0.05) is 38.8 Å². The number of hydrogen-bond donors (Lipinski definition) is 2. The molecule has 2 N–H and O–H groups in total. The molecule has 22 heavy (non-hydrogen) atoms. The maximum Gasteiger partial charge on any atom is 0.236 e. The third-order valence-corrected chi connectivity index (χ3v) is 3.74. The Kier molecular flexibility index (Phi) is 5.94. The van der Waals surface area contributed by atoms with E-state index >= 15 is 0 Å². The molecule has 0 spiro atoms. The number of piperidine rings is 1. The molecule has 0 aromatic carbocycles. The lowest BCUT2D eigenvalue weighted by atomic mass is 10.1. The molecule has 0 bridgehead atoms. The number of amides is 2. The summed E-state index contributed by atoms with van der Waals surface area (Å²) in [6, 6.07) is 0.0854. The van der Waals surface area contributed by atoms with Gasteiger partial charge in [0.15, 0.2) is 0 Å². The van der Waals surface area contributed by atoms with Crippen molar-refractivity contribution in [2.45, 2.75) is 39.3 Å². The van der Waals surface area contributed by atoms with Crippen LogP contribution in [-0.4, -0.2) is 58.7 Å². The number of aryl methyl sites for hydroxylation is 1. The molecule has 7 nitrogen and oxygen atoms in total. The lowest BCUT2D eigenvalue weighted by molar-refractivity contribution is -0.132. The SMILES string of the molecule is CC(=O)N[C@H]1CCCN(C(=O)CNCCn2cc(C)cn2)C1. The Labute approximate surface area is 131 Å². The maximum absolute atomic E-state index is 12.2. The summed E-state index contributed by atoms with van der Waals surface area (Å²) in [5.74, 6) is 0.0543. The Morgan fingerprint density at radius 1 is 1.45 bits per heavy atom. The number of carbonyl (C=O) groups is 2. The number of aromatic nitrogens is 2. The third-order valence-electron chi connectivity index (χ3n) is 3.74. The predicted octanol–water partition coefficient (Wildman–Crippen LogP) is -0.0918. The Morgan fingerprint density at radius 2 is 2.27 bits per heavy atom. The van der Waals surface area contributed by atoms with Crippen molar-refractivity contribution in [1.29, 1.82) is 0 Å². The van der Waals surface area contributed by atoms with Crippen LogP contribution in [0.25, 0.3) is 0 Å². The largest absolute Gasteiger partial charge is 0.352 e. The summed E-state index contributed by atoms with van der Waals surface area (Å²) >= 11 is 0. The number of nitrogens with zero attached hydrogens (tertiary/aromatic N) is 3. The summed E-state index contributed by atoms with van der Waals surface area (Å²) in [6.45, 7) is 6.67. The fraction of sp³-hybridized carbons (Fsp3) is 0.667. The Morgan fingerprint density at radius 3 is 2.95 bits per heavy atom. The molecule has 2 rings (SSSR count). The minimum Gasteiger partial charge on any atom is -0.352 e. The topological polar surface area (TPSA) is 79.3 Å². The van der Waals surface area contributed by atoms with Crippen molar-refractivity contribution in [2.24, 2.45) is 0 Å². The normalized spacial score (nSPS) is 18.3. The number of carbonyl (C=O) groups excluding carboxylic acids is 2. The molecule has 0 radical (unpaired) electrons. The first-order chi connectivity index (χ1) is 10.5. The van der Waals surface area contributed by atoms with Gasteiger partial charge in [0.05, 0.1) is 19.3 Å². The van der Waals surface area contributed by atoms with Gasteiger partial charge in [-0.15, -0.1) is 0 Å². The van der Waals surface area contributed by atoms with Gasteiger partial charge in [-0.3, -0.25) is 14.3 Å². The molecular formula is C15H25N5O2. The summed E-state index contributed by atoms with van der Waals surface area (Å²) < 4.78 is 1.86. The number of nitrogens with one attached hydrogen (secondary N) is 2. The first kappa shape index (κ1) is 16.5. The van der Waals surface area contributed by atoms with Gasteiger partial charge in [-0.25, -0.2) is 0 Å². The summed E-state index contributed by atoms with van der Waals surface area (Å²) in [7, 11) is 0. The summed E-state index contributed by atoms with van der Waals surface area (Å²) in [4.78, 5) is 25.1.